The summed E-state index contributed by atoms with van der Waals surface area (Å²) in [7, 11) is 0. The normalized spacial score (nSPS) is 11.3. The molecule has 1 aromatic carbocycles. The summed E-state index contributed by atoms with van der Waals surface area (Å²) in [5, 5.41) is 7.60. The number of aromatic amines is 2. The molecule has 0 aliphatic rings. The van der Waals surface area contributed by atoms with Crippen LogP contribution in [0.3, 0.4) is 0 Å². The maximum Gasteiger partial charge on any atom is 0.416 e. The molecule has 0 aliphatic heterocycles. The van der Waals surface area contributed by atoms with E-state index in [9.17, 15) is 27.6 Å². The van der Waals surface area contributed by atoms with Gasteiger partial charge in [0, 0.05) is 5.69 Å². The van der Waals surface area contributed by atoms with Crippen LogP contribution in [0.15, 0.2) is 38.9 Å². The average molecular weight is 346 g/mol. The van der Waals surface area contributed by atoms with Crippen LogP contribution in [0.4, 0.5) is 18.9 Å². The maximum atomic E-state index is 12.6. The molecule has 0 fully saturated rings. The molecule has 11 heteroatoms. The zero-order valence-corrected chi connectivity index (χ0v) is 12.0. The third-order valence-electron chi connectivity index (χ3n) is 2.49. The zero-order valence-electron chi connectivity index (χ0n) is 11.2. The van der Waals surface area contributed by atoms with Crippen molar-refractivity contribution in [1.82, 2.24) is 15.2 Å². The van der Waals surface area contributed by atoms with Crippen molar-refractivity contribution < 1.29 is 18.0 Å². The summed E-state index contributed by atoms with van der Waals surface area (Å²) >= 11 is 0.734. The van der Waals surface area contributed by atoms with Gasteiger partial charge in [-0.2, -0.15) is 18.3 Å². The van der Waals surface area contributed by atoms with E-state index < -0.39 is 28.9 Å². The second kappa shape index (κ2) is 6.69. The van der Waals surface area contributed by atoms with Crippen molar-refractivity contribution in [2.75, 3.05) is 11.1 Å². The highest BCUT2D eigenvalue weighted by Gasteiger charge is 2.30. The van der Waals surface area contributed by atoms with Gasteiger partial charge < -0.3 is 5.32 Å². The van der Waals surface area contributed by atoms with E-state index in [4.69, 9.17) is 0 Å². The number of hydrogen-bond acceptors (Lipinski definition) is 5. The highest BCUT2D eigenvalue weighted by atomic mass is 32.2. The van der Waals surface area contributed by atoms with Crippen molar-refractivity contribution >= 4 is 23.4 Å². The molecule has 0 radical (unpaired) electrons. The minimum Gasteiger partial charge on any atom is -0.325 e. The van der Waals surface area contributed by atoms with E-state index in [2.05, 4.69) is 10.4 Å². The number of halogens is 3. The van der Waals surface area contributed by atoms with Crippen LogP contribution in [0.5, 0.6) is 0 Å². The summed E-state index contributed by atoms with van der Waals surface area (Å²) in [5.74, 6) is -0.889. The number of hydrogen-bond donors (Lipinski definition) is 3. The minimum atomic E-state index is -4.51. The van der Waals surface area contributed by atoms with Gasteiger partial charge >= 0.3 is 11.9 Å². The molecular weight excluding hydrogens is 337 g/mol. The Morgan fingerprint density at radius 2 is 2.04 bits per heavy atom. The third kappa shape index (κ3) is 4.71. The van der Waals surface area contributed by atoms with Crippen LogP contribution in [0.25, 0.3) is 0 Å². The summed E-state index contributed by atoms with van der Waals surface area (Å²) in [6.45, 7) is 0. The second-order valence-corrected chi connectivity index (χ2v) is 5.19. The summed E-state index contributed by atoms with van der Waals surface area (Å²) < 4.78 is 37.7. The lowest BCUT2D eigenvalue weighted by molar-refractivity contribution is -0.137. The molecule has 1 amide bonds. The largest absolute Gasteiger partial charge is 0.416 e. The van der Waals surface area contributed by atoms with Gasteiger partial charge in [0.15, 0.2) is 5.03 Å². The van der Waals surface area contributed by atoms with Crippen LogP contribution < -0.4 is 16.6 Å². The Bertz CT molecular complexity index is 831. The molecule has 0 saturated heterocycles. The molecular formula is C12H9F3N4O3S. The number of benzene rings is 1. The number of alkyl halides is 3. The van der Waals surface area contributed by atoms with Crippen molar-refractivity contribution in [3.63, 3.8) is 0 Å². The monoisotopic (exact) mass is 346 g/mol. The van der Waals surface area contributed by atoms with E-state index in [0.717, 1.165) is 23.9 Å². The van der Waals surface area contributed by atoms with Crippen LogP contribution >= 0.6 is 11.8 Å². The summed E-state index contributed by atoms with van der Waals surface area (Å²) in [5.41, 5.74) is -2.45. The van der Waals surface area contributed by atoms with Crippen molar-refractivity contribution in [2.45, 2.75) is 11.2 Å². The van der Waals surface area contributed by atoms with E-state index in [1.807, 2.05) is 10.1 Å². The molecule has 1 aromatic heterocycles. The second-order valence-electron chi connectivity index (χ2n) is 4.23. The SMILES string of the molecule is O=C(CSc1n[nH]c(=O)[nH]c1=O)Nc1cccc(C(F)(F)F)c1. The molecule has 0 aliphatic carbocycles. The van der Waals surface area contributed by atoms with Crippen LogP contribution in [-0.4, -0.2) is 26.8 Å². The van der Waals surface area contributed by atoms with E-state index in [1.54, 1.807) is 0 Å². The topological polar surface area (TPSA) is 108 Å². The van der Waals surface area contributed by atoms with Gasteiger partial charge in [-0.1, -0.05) is 17.8 Å². The van der Waals surface area contributed by atoms with Gasteiger partial charge in [0.2, 0.25) is 5.91 Å². The van der Waals surface area contributed by atoms with Crippen LogP contribution in [0.2, 0.25) is 0 Å². The van der Waals surface area contributed by atoms with Crippen molar-refractivity contribution in [2.24, 2.45) is 0 Å². The quantitative estimate of drug-likeness (QED) is 0.721. The van der Waals surface area contributed by atoms with Crippen molar-refractivity contribution in [3.05, 3.63) is 50.7 Å². The Balaban J connectivity index is 2.00. The summed E-state index contributed by atoms with van der Waals surface area (Å²) in [6.07, 6.45) is -4.51. The molecule has 3 N–H and O–H groups in total. The molecule has 0 bridgehead atoms. The van der Waals surface area contributed by atoms with Gasteiger partial charge in [-0.05, 0) is 18.2 Å². The molecule has 0 saturated carbocycles. The number of rotatable bonds is 4. The highest BCUT2D eigenvalue weighted by Crippen LogP contribution is 2.30. The predicted octanol–water partition coefficient (Wildman–Crippen LogP) is 1.21. The fourth-order valence-corrected chi connectivity index (χ4v) is 2.17. The molecule has 2 rings (SSSR count). The van der Waals surface area contributed by atoms with Gasteiger partial charge in [-0.3, -0.25) is 14.6 Å². The Hall–Kier alpha value is -2.56. The lowest BCUT2D eigenvalue weighted by Crippen LogP contribution is -2.25. The van der Waals surface area contributed by atoms with Crippen molar-refractivity contribution in [3.8, 4) is 0 Å². The minimum absolute atomic E-state index is 0.0197. The van der Waals surface area contributed by atoms with Gasteiger partial charge in [0.25, 0.3) is 5.56 Å². The third-order valence-corrected chi connectivity index (χ3v) is 3.45. The Morgan fingerprint density at radius 3 is 2.70 bits per heavy atom. The van der Waals surface area contributed by atoms with Crippen LogP contribution in [-0.2, 0) is 11.0 Å². The number of H-pyrrole nitrogens is 2. The number of aromatic nitrogens is 3. The first-order chi connectivity index (χ1) is 10.8. The molecule has 2 aromatic rings. The van der Waals surface area contributed by atoms with Gasteiger partial charge in [0.1, 0.15) is 0 Å². The van der Waals surface area contributed by atoms with Crippen LogP contribution in [0, 0.1) is 0 Å². The first-order valence-electron chi connectivity index (χ1n) is 6.04. The molecule has 7 nitrogen and oxygen atoms in total. The average Bonchev–Trinajstić information content (AvgIpc) is 2.45. The lowest BCUT2D eigenvalue weighted by atomic mass is 10.2. The molecule has 1 heterocycles. The molecule has 23 heavy (non-hydrogen) atoms. The molecule has 0 atom stereocenters. The lowest BCUT2D eigenvalue weighted by Gasteiger charge is -2.09. The number of carbonyl (C=O) groups is 1. The zero-order chi connectivity index (χ0) is 17.0. The standard InChI is InChI=1S/C12H9F3N4O3S/c13-12(14,15)6-2-1-3-7(4-6)16-8(20)5-23-10-9(21)17-11(22)19-18-10/h1-4H,5H2,(H,16,20)(H2,17,19,21,22). The molecule has 0 unspecified atom stereocenters. The van der Waals surface area contributed by atoms with Gasteiger partial charge in [-0.15, -0.1) is 0 Å². The van der Waals surface area contributed by atoms with E-state index >= 15 is 0 Å². The number of carbonyl (C=O) groups excluding carboxylic acids is 1. The fourth-order valence-electron chi connectivity index (χ4n) is 1.54. The van der Waals surface area contributed by atoms with E-state index in [-0.39, 0.29) is 16.5 Å². The molecule has 122 valence electrons. The number of nitrogens with zero attached hydrogens (tertiary/aromatic N) is 1. The van der Waals surface area contributed by atoms with Crippen LogP contribution in [0.1, 0.15) is 5.56 Å². The maximum absolute atomic E-state index is 12.6. The number of thioether (sulfide) groups is 1. The first kappa shape index (κ1) is 16.8. The number of nitrogens with one attached hydrogen (secondary N) is 3. The number of amides is 1. The highest BCUT2D eigenvalue weighted by molar-refractivity contribution is 7.99. The van der Waals surface area contributed by atoms with Gasteiger partial charge in [-0.25, -0.2) is 9.89 Å². The van der Waals surface area contributed by atoms with Gasteiger partial charge in [0.05, 0.1) is 11.3 Å². The Labute approximate surface area is 130 Å². The Kier molecular flexibility index (Phi) is 4.89. The first-order valence-corrected chi connectivity index (χ1v) is 7.03. The van der Waals surface area contributed by atoms with Crippen molar-refractivity contribution in [1.29, 1.82) is 0 Å². The predicted molar refractivity (Wildman–Crippen MR) is 76.3 cm³/mol. The fraction of sp³-hybridized carbons (Fsp3) is 0.167. The summed E-state index contributed by atoms with van der Waals surface area (Å²) in [4.78, 5) is 35.8. The smallest absolute Gasteiger partial charge is 0.325 e. The Morgan fingerprint density at radius 1 is 1.30 bits per heavy atom. The number of anilines is 1. The van der Waals surface area contributed by atoms with E-state index in [1.165, 1.54) is 12.1 Å². The summed E-state index contributed by atoms with van der Waals surface area (Å²) in [6, 6.07) is 4.16. The molecule has 0 spiro atoms. The van der Waals surface area contributed by atoms with E-state index in [0.29, 0.717) is 0 Å².